The van der Waals surface area contributed by atoms with Crippen molar-refractivity contribution in [2.45, 2.75) is 4.30 Å². The number of carbonyl (C=O) groups is 3. The van der Waals surface area contributed by atoms with Crippen LogP contribution in [0.4, 0.5) is 0 Å². The van der Waals surface area contributed by atoms with Crippen LogP contribution in [0, 0.1) is 0 Å². The number of alkyl halides is 3. The largest absolute Gasteiger partial charge is 0.290 e. The van der Waals surface area contributed by atoms with E-state index >= 15 is 0 Å². The summed E-state index contributed by atoms with van der Waals surface area (Å²) in [6.45, 7) is 0. The van der Waals surface area contributed by atoms with E-state index < -0.39 is 4.30 Å². The van der Waals surface area contributed by atoms with E-state index in [-0.39, 0.29) is 37.8 Å². The van der Waals surface area contributed by atoms with Crippen molar-refractivity contribution in [2.75, 3.05) is 0 Å². The average molecular weight is 929 g/mol. The second-order valence-electron chi connectivity index (χ2n) is 11.9. The molecule has 0 aliphatic rings. The zero-order chi connectivity index (χ0) is 41.5. The van der Waals surface area contributed by atoms with Crippen LogP contribution in [-0.2, 0) is 34.8 Å². The van der Waals surface area contributed by atoms with Crippen LogP contribution in [0.15, 0.2) is 218 Å². The molecule has 0 spiro atoms. The zero-order valence-electron chi connectivity index (χ0n) is 32.0. The van der Waals surface area contributed by atoms with E-state index in [2.05, 4.69) is 0 Å². The first-order valence-corrected chi connectivity index (χ1v) is 19.5. The standard InChI is InChI=1S/3C17H14O.CHCl3.Pd/c3*18-17(13-11-15-7-3-1-4-8-15)14-12-16-9-5-2-6-10-16;2-1(3)4;/h3*1-14H;1H;. The topological polar surface area (TPSA) is 51.2 Å². The molecule has 0 radical (unpaired) electrons. The van der Waals surface area contributed by atoms with Gasteiger partial charge in [0, 0.05) is 20.4 Å². The second-order valence-corrected chi connectivity index (χ2v) is 13.9. The average Bonchev–Trinajstić information content (AvgIpc) is 3.27. The maximum absolute atomic E-state index is 11.6. The third kappa shape index (κ3) is 25.3. The molecule has 300 valence electrons. The first kappa shape index (κ1) is 49.4. The summed E-state index contributed by atoms with van der Waals surface area (Å²) >= 11 is 14.4. The molecule has 0 unspecified atom stereocenters. The fourth-order valence-electron chi connectivity index (χ4n) is 4.62. The van der Waals surface area contributed by atoms with Crippen LogP contribution < -0.4 is 0 Å². The Morgan fingerprint density at radius 2 is 0.407 bits per heavy atom. The molecule has 0 aliphatic heterocycles. The summed E-state index contributed by atoms with van der Waals surface area (Å²) in [5.41, 5.74) is 6.16. The van der Waals surface area contributed by atoms with Crippen LogP contribution in [-0.4, -0.2) is 21.6 Å². The Morgan fingerprint density at radius 3 is 0.525 bits per heavy atom. The van der Waals surface area contributed by atoms with Gasteiger partial charge in [0.15, 0.2) is 21.6 Å². The predicted octanol–water partition coefficient (Wildman–Crippen LogP) is 13.9. The van der Waals surface area contributed by atoms with Crippen LogP contribution in [0.1, 0.15) is 33.4 Å². The van der Waals surface area contributed by atoms with Crippen LogP contribution >= 0.6 is 34.8 Å². The third-order valence-electron chi connectivity index (χ3n) is 7.44. The SMILES string of the molecule is ClC(Cl)Cl.O=C(C=Cc1ccccc1)C=Cc1ccccc1.O=C(C=Cc1ccccc1)C=Cc1ccccc1.O=C(C=Cc1ccccc1)C=Cc1ccccc1.[Pd]. The molecule has 0 heterocycles. The van der Waals surface area contributed by atoms with Gasteiger partial charge in [0.2, 0.25) is 0 Å². The Kier molecular flexibility index (Phi) is 26.2. The van der Waals surface area contributed by atoms with Crippen LogP contribution in [0.3, 0.4) is 0 Å². The van der Waals surface area contributed by atoms with Gasteiger partial charge in [0.05, 0.1) is 0 Å². The molecule has 0 N–H and O–H groups in total. The van der Waals surface area contributed by atoms with E-state index in [1.807, 2.05) is 218 Å². The molecule has 0 saturated carbocycles. The van der Waals surface area contributed by atoms with E-state index in [0.717, 1.165) is 33.4 Å². The van der Waals surface area contributed by atoms with Crippen molar-refractivity contribution < 1.29 is 34.8 Å². The summed E-state index contributed by atoms with van der Waals surface area (Å²) < 4.78 is -0.750. The smallest absolute Gasteiger partial charge is 0.180 e. The molecular formula is C52H43Cl3O3Pd. The number of halogens is 3. The summed E-state index contributed by atoms with van der Waals surface area (Å²) in [5.74, 6) is -0.0341. The monoisotopic (exact) mass is 926 g/mol. The van der Waals surface area contributed by atoms with Crippen molar-refractivity contribution in [1.82, 2.24) is 0 Å². The minimum absolute atomic E-state index is 0. The summed E-state index contributed by atoms with van der Waals surface area (Å²) in [4.78, 5) is 34.8. The molecule has 0 bridgehead atoms. The fraction of sp³-hybridized carbons (Fsp3) is 0.0192. The number of allylic oxidation sites excluding steroid dienone is 6. The predicted molar refractivity (Wildman–Crippen MR) is 249 cm³/mol. The van der Waals surface area contributed by atoms with Gasteiger partial charge in [-0.2, -0.15) is 0 Å². The molecule has 0 aromatic heterocycles. The third-order valence-corrected chi connectivity index (χ3v) is 7.44. The van der Waals surface area contributed by atoms with E-state index in [1.165, 1.54) is 0 Å². The Bertz CT molecular complexity index is 1820. The van der Waals surface area contributed by atoms with Gasteiger partial charge >= 0.3 is 0 Å². The number of rotatable bonds is 12. The summed E-state index contributed by atoms with van der Waals surface area (Å²) in [6, 6.07) is 58.7. The van der Waals surface area contributed by atoms with Crippen LogP contribution in [0.2, 0.25) is 0 Å². The number of ketones is 3. The van der Waals surface area contributed by atoms with Crippen molar-refractivity contribution in [3.05, 3.63) is 252 Å². The molecule has 59 heavy (non-hydrogen) atoms. The number of hydrogen-bond donors (Lipinski definition) is 0. The molecule has 6 rings (SSSR count). The number of benzene rings is 6. The molecular weight excluding hydrogens is 885 g/mol. The summed E-state index contributed by atoms with van der Waals surface area (Å²) in [6.07, 6.45) is 20.4. The van der Waals surface area contributed by atoms with Gasteiger partial charge in [-0.05, 0) is 69.8 Å². The molecule has 0 saturated heterocycles. The number of hydrogen-bond acceptors (Lipinski definition) is 3. The second kappa shape index (κ2) is 31.3. The Hall–Kier alpha value is -5.70. The molecule has 0 amide bonds. The first-order valence-electron chi connectivity index (χ1n) is 18.2. The Labute approximate surface area is 377 Å². The quantitative estimate of drug-likeness (QED) is 0.0698. The molecule has 6 aromatic carbocycles. The molecule has 0 fully saturated rings. The van der Waals surface area contributed by atoms with Crippen LogP contribution in [0.5, 0.6) is 0 Å². The Morgan fingerprint density at radius 1 is 0.288 bits per heavy atom. The molecule has 7 heteroatoms. The molecule has 3 nitrogen and oxygen atoms in total. The van der Waals surface area contributed by atoms with Gasteiger partial charge in [-0.3, -0.25) is 14.4 Å². The van der Waals surface area contributed by atoms with E-state index in [1.54, 1.807) is 36.5 Å². The first-order chi connectivity index (χ1) is 28.3. The van der Waals surface area contributed by atoms with Crippen molar-refractivity contribution in [3.8, 4) is 0 Å². The summed E-state index contributed by atoms with van der Waals surface area (Å²) in [7, 11) is 0. The molecule has 0 atom stereocenters. The zero-order valence-corrected chi connectivity index (χ0v) is 35.8. The maximum Gasteiger partial charge on any atom is 0.180 e. The molecule has 0 aliphatic carbocycles. The van der Waals surface area contributed by atoms with Gasteiger partial charge in [-0.25, -0.2) is 0 Å². The van der Waals surface area contributed by atoms with Gasteiger partial charge in [0.1, 0.15) is 0 Å². The fourth-order valence-corrected chi connectivity index (χ4v) is 4.62. The van der Waals surface area contributed by atoms with E-state index in [4.69, 9.17) is 34.8 Å². The minimum Gasteiger partial charge on any atom is -0.290 e. The van der Waals surface area contributed by atoms with Gasteiger partial charge in [-0.15, -0.1) is 0 Å². The minimum atomic E-state index is -0.750. The Balaban J connectivity index is 0.000000289. The molecule has 6 aromatic rings. The summed E-state index contributed by atoms with van der Waals surface area (Å²) in [5, 5.41) is 0. The van der Waals surface area contributed by atoms with Crippen molar-refractivity contribution in [1.29, 1.82) is 0 Å². The van der Waals surface area contributed by atoms with Crippen LogP contribution in [0.25, 0.3) is 36.5 Å². The number of carbonyl (C=O) groups excluding carboxylic acids is 3. The van der Waals surface area contributed by atoms with Gasteiger partial charge < -0.3 is 0 Å². The van der Waals surface area contributed by atoms with Crippen molar-refractivity contribution in [2.24, 2.45) is 0 Å². The normalized spacial score (nSPS) is 10.8. The van der Waals surface area contributed by atoms with Crippen molar-refractivity contribution in [3.63, 3.8) is 0 Å². The van der Waals surface area contributed by atoms with E-state index in [0.29, 0.717) is 0 Å². The maximum atomic E-state index is 11.6. The van der Waals surface area contributed by atoms with Gasteiger partial charge in [0.25, 0.3) is 0 Å². The van der Waals surface area contributed by atoms with Gasteiger partial charge in [-0.1, -0.05) is 253 Å². The van der Waals surface area contributed by atoms with Crippen molar-refractivity contribution >= 4 is 88.6 Å². The van der Waals surface area contributed by atoms with E-state index in [9.17, 15) is 14.4 Å².